The molecule has 0 bridgehead atoms. The van der Waals surface area contributed by atoms with Crippen LogP contribution in [0.4, 0.5) is 0 Å². The number of benzene rings is 2. The average molecular weight is 385 g/mol. The van der Waals surface area contributed by atoms with Gasteiger partial charge in [0, 0.05) is 26.2 Å². The molecule has 1 aliphatic heterocycles. The Labute approximate surface area is 165 Å². The lowest BCUT2D eigenvalue weighted by molar-refractivity contribution is -0.135. The zero-order valence-electron chi connectivity index (χ0n) is 15.8. The Balaban J connectivity index is 1.67. The van der Waals surface area contributed by atoms with Crippen LogP contribution >= 0.6 is 11.6 Å². The lowest BCUT2D eigenvalue weighted by Gasteiger charge is -2.37. The highest BCUT2D eigenvalue weighted by Crippen LogP contribution is 2.27. The van der Waals surface area contributed by atoms with Crippen LogP contribution in [0, 0.1) is 5.92 Å². The topological polar surface area (TPSA) is 40.6 Å². The van der Waals surface area contributed by atoms with E-state index in [9.17, 15) is 9.59 Å². The smallest absolute Gasteiger partial charge is 0.255 e. The normalized spacial score (nSPS) is 15.7. The van der Waals surface area contributed by atoms with Gasteiger partial charge in [0.15, 0.2) is 0 Å². The first-order valence-corrected chi connectivity index (χ1v) is 9.74. The van der Waals surface area contributed by atoms with Crippen LogP contribution in [-0.2, 0) is 4.79 Å². The Bertz CT molecular complexity index is 799. The Morgan fingerprint density at radius 2 is 1.41 bits per heavy atom. The lowest BCUT2D eigenvalue weighted by Crippen LogP contribution is -2.52. The maximum Gasteiger partial charge on any atom is 0.255 e. The highest BCUT2D eigenvalue weighted by atomic mass is 35.5. The van der Waals surface area contributed by atoms with E-state index in [-0.39, 0.29) is 23.7 Å². The van der Waals surface area contributed by atoms with Crippen molar-refractivity contribution < 1.29 is 9.59 Å². The van der Waals surface area contributed by atoms with Crippen molar-refractivity contribution in [2.45, 2.75) is 19.8 Å². The minimum atomic E-state index is -0.156. The van der Waals surface area contributed by atoms with Crippen molar-refractivity contribution in [3.8, 4) is 0 Å². The van der Waals surface area contributed by atoms with Gasteiger partial charge in [-0.15, -0.1) is 0 Å². The second-order valence-electron chi connectivity index (χ2n) is 7.23. The minimum absolute atomic E-state index is 0.0730. The van der Waals surface area contributed by atoms with Crippen LogP contribution in [0.15, 0.2) is 54.6 Å². The molecule has 1 unspecified atom stereocenters. The van der Waals surface area contributed by atoms with E-state index < -0.39 is 0 Å². The maximum atomic E-state index is 13.1. The van der Waals surface area contributed by atoms with E-state index in [4.69, 9.17) is 11.6 Å². The molecule has 2 aromatic carbocycles. The molecule has 0 aromatic heterocycles. The Hall–Kier alpha value is -2.33. The summed E-state index contributed by atoms with van der Waals surface area (Å²) in [5, 5.41) is 0.463. The van der Waals surface area contributed by atoms with E-state index in [1.165, 1.54) is 0 Å². The summed E-state index contributed by atoms with van der Waals surface area (Å²) in [5.41, 5.74) is 1.57. The van der Waals surface area contributed by atoms with Gasteiger partial charge in [-0.2, -0.15) is 0 Å². The van der Waals surface area contributed by atoms with Crippen LogP contribution in [0.3, 0.4) is 0 Å². The summed E-state index contributed by atoms with van der Waals surface area (Å²) < 4.78 is 0. The molecule has 4 nitrogen and oxygen atoms in total. The summed E-state index contributed by atoms with van der Waals surface area (Å²) in [6.45, 7) is 6.29. The first kappa shape index (κ1) is 19.4. The highest BCUT2D eigenvalue weighted by Gasteiger charge is 2.32. The fourth-order valence-corrected chi connectivity index (χ4v) is 3.82. The van der Waals surface area contributed by atoms with Gasteiger partial charge in [-0.25, -0.2) is 0 Å². The van der Waals surface area contributed by atoms with E-state index >= 15 is 0 Å². The highest BCUT2D eigenvalue weighted by molar-refractivity contribution is 6.33. The van der Waals surface area contributed by atoms with Gasteiger partial charge in [-0.3, -0.25) is 9.59 Å². The molecule has 0 N–H and O–H groups in total. The summed E-state index contributed by atoms with van der Waals surface area (Å²) in [6.07, 6.45) is 0. The monoisotopic (exact) mass is 384 g/mol. The molecule has 1 aliphatic rings. The van der Waals surface area contributed by atoms with Gasteiger partial charge in [0.2, 0.25) is 5.91 Å². The van der Waals surface area contributed by atoms with Crippen molar-refractivity contribution in [3.63, 3.8) is 0 Å². The first-order chi connectivity index (χ1) is 13.0. The van der Waals surface area contributed by atoms with Crippen molar-refractivity contribution in [1.29, 1.82) is 0 Å². The molecule has 27 heavy (non-hydrogen) atoms. The van der Waals surface area contributed by atoms with Gasteiger partial charge in [0.05, 0.1) is 16.5 Å². The number of carbonyl (C=O) groups is 2. The molecule has 1 saturated heterocycles. The van der Waals surface area contributed by atoms with E-state index in [2.05, 4.69) is 13.8 Å². The first-order valence-electron chi connectivity index (χ1n) is 9.36. The number of carbonyl (C=O) groups excluding carboxylic acids is 2. The van der Waals surface area contributed by atoms with Gasteiger partial charge in [0.25, 0.3) is 5.91 Å². The van der Waals surface area contributed by atoms with Gasteiger partial charge in [0.1, 0.15) is 0 Å². The molecule has 2 aromatic rings. The fraction of sp³-hybridized carbons (Fsp3) is 0.364. The van der Waals surface area contributed by atoms with Crippen LogP contribution in [0.25, 0.3) is 0 Å². The van der Waals surface area contributed by atoms with Crippen molar-refractivity contribution in [2.75, 3.05) is 26.2 Å². The van der Waals surface area contributed by atoms with Crippen LogP contribution in [0.5, 0.6) is 0 Å². The summed E-state index contributed by atoms with van der Waals surface area (Å²) >= 11 is 6.15. The number of piperazine rings is 1. The Morgan fingerprint density at radius 3 is 2.00 bits per heavy atom. The van der Waals surface area contributed by atoms with Crippen LogP contribution in [0.1, 0.15) is 35.7 Å². The van der Waals surface area contributed by atoms with Crippen molar-refractivity contribution in [3.05, 3.63) is 70.7 Å². The third kappa shape index (κ3) is 4.33. The SMILES string of the molecule is CC(C)C(C(=O)N1CCN(C(=O)c2ccccc2Cl)CC1)c1ccccc1. The molecule has 1 heterocycles. The molecule has 1 fully saturated rings. The summed E-state index contributed by atoms with van der Waals surface area (Å²) in [7, 11) is 0. The van der Waals surface area contributed by atoms with Gasteiger partial charge >= 0.3 is 0 Å². The Kier molecular flexibility index (Phi) is 6.17. The average Bonchev–Trinajstić information content (AvgIpc) is 2.68. The Morgan fingerprint density at radius 1 is 0.852 bits per heavy atom. The van der Waals surface area contributed by atoms with Gasteiger partial charge in [-0.1, -0.05) is 67.9 Å². The molecule has 1 atom stereocenters. The van der Waals surface area contributed by atoms with E-state index in [1.807, 2.05) is 47.4 Å². The van der Waals surface area contributed by atoms with Crippen LogP contribution < -0.4 is 0 Å². The lowest BCUT2D eigenvalue weighted by atomic mass is 9.87. The van der Waals surface area contributed by atoms with Gasteiger partial charge in [-0.05, 0) is 23.6 Å². The quantitative estimate of drug-likeness (QED) is 0.797. The molecule has 3 rings (SSSR count). The molecular formula is C22H25ClN2O2. The third-order valence-electron chi connectivity index (χ3n) is 5.07. The molecule has 142 valence electrons. The number of nitrogens with zero attached hydrogens (tertiary/aromatic N) is 2. The molecular weight excluding hydrogens is 360 g/mol. The molecule has 2 amide bonds. The van der Waals surface area contributed by atoms with E-state index in [1.54, 1.807) is 17.0 Å². The number of hydrogen-bond acceptors (Lipinski definition) is 2. The fourth-order valence-electron chi connectivity index (χ4n) is 3.60. The van der Waals surface area contributed by atoms with Crippen LogP contribution in [0.2, 0.25) is 5.02 Å². The number of amides is 2. The van der Waals surface area contributed by atoms with Crippen molar-refractivity contribution >= 4 is 23.4 Å². The molecule has 0 spiro atoms. The number of rotatable bonds is 4. The predicted octanol–water partition coefficient (Wildman–Crippen LogP) is 4.06. The third-order valence-corrected chi connectivity index (χ3v) is 5.40. The summed E-state index contributed by atoms with van der Waals surface area (Å²) in [6, 6.07) is 17.0. The standard InChI is InChI=1S/C22H25ClN2O2/c1-16(2)20(17-8-4-3-5-9-17)22(27)25-14-12-24(13-15-25)21(26)18-10-6-7-11-19(18)23/h3-11,16,20H,12-15H2,1-2H3. The van der Waals surface area contributed by atoms with Crippen LogP contribution in [-0.4, -0.2) is 47.8 Å². The van der Waals surface area contributed by atoms with Crippen molar-refractivity contribution in [2.24, 2.45) is 5.92 Å². The molecule has 0 aliphatic carbocycles. The van der Waals surface area contributed by atoms with Gasteiger partial charge < -0.3 is 9.80 Å². The van der Waals surface area contributed by atoms with E-state index in [0.717, 1.165) is 5.56 Å². The van der Waals surface area contributed by atoms with Crippen molar-refractivity contribution in [1.82, 2.24) is 9.80 Å². The predicted molar refractivity (Wildman–Crippen MR) is 108 cm³/mol. The molecule has 0 radical (unpaired) electrons. The maximum absolute atomic E-state index is 13.1. The minimum Gasteiger partial charge on any atom is -0.339 e. The largest absolute Gasteiger partial charge is 0.339 e. The zero-order valence-corrected chi connectivity index (χ0v) is 16.5. The number of halogens is 1. The molecule has 0 saturated carbocycles. The summed E-state index contributed by atoms with van der Waals surface area (Å²) in [5.74, 6) is 0.122. The second-order valence-corrected chi connectivity index (χ2v) is 7.64. The summed E-state index contributed by atoms with van der Waals surface area (Å²) in [4.78, 5) is 29.5. The second kappa shape index (κ2) is 8.57. The number of hydrogen-bond donors (Lipinski definition) is 0. The molecule has 5 heteroatoms. The van der Waals surface area contributed by atoms with E-state index in [0.29, 0.717) is 36.8 Å². The zero-order chi connectivity index (χ0) is 19.4.